The lowest BCUT2D eigenvalue weighted by Crippen LogP contribution is -2.57. The van der Waals surface area contributed by atoms with E-state index in [4.69, 9.17) is 4.74 Å². The van der Waals surface area contributed by atoms with Gasteiger partial charge in [0.05, 0.1) is 30.1 Å². The normalized spacial score (nSPS) is 38.8. The number of ether oxygens (including phenoxy) is 1. The Morgan fingerprint density at radius 3 is 2.62 bits per heavy atom. The second kappa shape index (κ2) is 7.87. The van der Waals surface area contributed by atoms with Gasteiger partial charge in [0.1, 0.15) is 11.6 Å². The third kappa shape index (κ3) is 3.06. The maximum Gasteiger partial charge on any atom is 0.245 e. The molecule has 0 aromatic carbocycles. The number of nitrogens with one attached hydrogen (secondary N) is 2. The van der Waals surface area contributed by atoms with Crippen LogP contribution in [-0.4, -0.2) is 71.2 Å². The van der Waals surface area contributed by atoms with Crippen molar-refractivity contribution in [3.05, 3.63) is 0 Å². The fourth-order valence-corrected chi connectivity index (χ4v) is 5.78. The Kier molecular flexibility index (Phi) is 5.98. The minimum Gasteiger partial charge on any atom is -0.394 e. The van der Waals surface area contributed by atoms with Gasteiger partial charge in [-0.15, -0.1) is 0 Å². The van der Waals surface area contributed by atoms with Crippen molar-refractivity contribution in [3.8, 4) is 0 Å². The maximum atomic E-state index is 13.5. The Morgan fingerprint density at radius 1 is 1.34 bits per heavy atom. The number of hydrogen-bond acceptors (Lipinski definition) is 5. The molecule has 3 aliphatic rings. The molecule has 0 radical (unpaired) electrons. The number of fused-ring (bicyclic) bond motifs is 1. The van der Waals surface area contributed by atoms with E-state index in [1.807, 2.05) is 13.8 Å². The predicted molar refractivity (Wildman–Crippen MR) is 107 cm³/mol. The van der Waals surface area contributed by atoms with Gasteiger partial charge in [0, 0.05) is 13.6 Å². The SMILES string of the molecule is CCCCCNC(=O)C1N([C@H](C)CO)C(=O)[C@@H]2[C@@H](C(=O)NC)[C@]3(C)OC12CC3C. The fraction of sp³-hybridized carbons (Fsp3) is 0.857. The molecule has 0 aliphatic carbocycles. The number of carbonyl (C=O) groups is 3. The first-order chi connectivity index (χ1) is 13.7. The van der Waals surface area contributed by atoms with Gasteiger partial charge in [-0.25, -0.2) is 0 Å². The number of carbonyl (C=O) groups excluding carboxylic acids is 3. The van der Waals surface area contributed by atoms with Gasteiger partial charge < -0.3 is 25.4 Å². The minimum atomic E-state index is -1.04. The summed E-state index contributed by atoms with van der Waals surface area (Å²) in [6.07, 6.45) is 3.46. The van der Waals surface area contributed by atoms with Crippen LogP contribution in [0.5, 0.6) is 0 Å². The van der Waals surface area contributed by atoms with Crippen LogP contribution in [0.1, 0.15) is 53.4 Å². The summed E-state index contributed by atoms with van der Waals surface area (Å²) >= 11 is 0. The monoisotopic (exact) mass is 409 g/mol. The molecule has 3 amide bonds. The van der Waals surface area contributed by atoms with Crippen LogP contribution in [0.25, 0.3) is 0 Å². The van der Waals surface area contributed by atoms with E-state index < -0.39 is 35.1 Å². The number of amides is 3. The van der Waals surface area contributed by atoms with E-state index in [1.165, 1.54) is 4.90 Å². The number of rotatable bonds is 8. The standard InChI is InChI=1S/C21H35N3O5/c1-6-7-8-9-23-18(27)16-21-10-12(2)20(4,29-21)14(17(26)22-5)15(21)19(28)24(16)13(3)11-25/h12-16,25H,6-11H2,1-5H3,(H,22,26)(H,23,27)/t12?,13-,14+,15+,16?,20-,21?/m1/s1. The van der Waals surface area contributed by atoms with Crippen LogP contribution in [0.15, 0.2) is 0 Å². The molecule has 29 heavy (non-hydrogen) atoms. The average Bonchev–Trinajstić information content (AvgIpc) is 3.21. The van der Waals surface area contributed by atoms with Crippen molar-refractivity contribution in [2.45, 2.75) is 76.7 Å². The zero-order chi connectivity index (χ0) is 21.6. The molecule has 3 fully saturated rings. The molecule has 0 aromatic heterocycles. The molecule has 1 spiro atoms. The van der Waals surface area contributed by atoms with Crippen LogP contribution < -0.4 is 10.6 Å². The van der Waals surface area contributed by atoms with Gasteiger partial charge in [0.25, 0.3) is 0 Å². The van der Waals surface area contributed by atoms with Gasteiger partial charge in [-0.05, 0) is 32.6 Å². The molecule has 164 valence electrons. The van der Waals surface area contributed by atoms with Gasteiger partial charge in [-0.3, -0.25) is 14.4 Å². The minimum absolute atomic E-state index is 0.0219. The first kappa shape index (κ1) is 22.0. The predicted octanol–water partition coefficient (Wildman–Crippen LogP) is 0.430. The Bertz CT molecular complexity index is 685. The topological polar surface area (TPSA) is 108 Å². The van der Waals surface area contributed by atoms with E-state index in [1.54, 1.807) is 14.0 Å². The number of unbranched alkanes of at least 4 members (excludes halogenated alkanes) is 2. The molecule has 2 bridgehead atoms. The van der Waals surface area contributed by atoms with Crippen LogP contribution >= 0.6 is 0 Å². The third-order valence-corrected chi connectivity index (χ3v) is 7.35. The maximum absolute atomic E-state index is 13.5. The summed E-state index contributed by atoms with van der Waals surface area (Å²) in [5, 5.41) is 15.4. The Hall–Kier alpha value is -1.67. The van der Waals surface area contributed by atoms with Crippen molar-refractivity contribution >= 4 is 17.7 Å². The van der Waals surface area contributed by atoms with Gasteiger partial charge in [-0.1, -0.05) is 26.7 Å². The summed E-state index contributed by atoms with van der Waals surface area (Å²) in [6.45, 7) is 7.99. The van der Waals surface area contributed by atoms with Crippen LogP contribution in [0, 0.1) is 17.8 Å². The largest absolute Gasteiger partial charge is 0.394 e. The lowest BCUT2D eigenvalue weighted by Gasteiger charge is -2.36. The zero-order valence-corrected chi connectivity index (χ0v) is 18.2. The molecule has 8 heteroatoms. The number of likely N-dealkylation sites (tertiary alicyclic amines) is 1. The number of nitrogens with zero attached hydrogens (tertiary/aromatic N) is 1. The van der Waals surface area contributed by atoms with Crippen molar-refractivity contribution in [2.75, 3.05) is 20.2 Å². The molecular weight excluding hydrogens is 374 g/mol. The summed E-state index contributed by atoms with van der Waals surface area (Å²) in [6, 6.07) is -1.38. The Labute approximate surface area is 172 Å². The zero-order valence-electron chi connectivity index (χ0n) is 18.2. The van der Waals surface area contributed by atoms with Gasteiger partial charge in [0.2, 0.25) is 17.7 Å². The lowest BCUT2D eigenvalue weighted by atomic mass is 9.62. The molecule has 7 atom stereocenters. The molecule has 0 aromatic rings. The van der Waals surface area contributed by atoms with Crippen LogP contribution in [0.4, 0.5) is 0 Å². The van der Waals surface area contributed by atoms with Gasteiger partial charge in [-0.2, -0.15) is 0 Å². The molecule has 0 saturated carbocycles. The highest BCUT2D eigenvalue weighted by Crippen LogP contribution is 2.65. The van der Waals surface area contributed by atoms with E-state index in [0.717, 1.165) is 19.3 Å². The molecule has 3 aliphatic heterocycles. The van der Waals surface area contributed by atoms with E-state index >= 15 is 0 Å². The number of hydrogen-bond donors (Lipinski definition) is 3. The molecular formula is C21H35N3O5. The molecule has 3 N–H and O–H groups in total. The summed E-state index contributed by atoms with van der Waals surface area (Å²) in [4.78, 5) is 41.1. The van der Waals surface area contributed by atoms with Crippen LogP contribution in [-0.2, 0) is 19.1 Å². The second-order valence-corrected chi connectivity index (χ2v) is 9.09. The van der Waals surface area contributed by atoms with E-state index in [2.05, 4.69) is 17.6 Å². The summed E-state index contributed by atoms with van der Waals surface area (Å²) in [5.74, 6) is -2.12. The molecule has 3 heterocycles. The molecule has 3 rings (SSSR count). The Morgan fingerprint density at radius 2 is 2.03 bits per heavy atom. The fourth-order valence-electron chi connectivity index (χ4n) is 5.78. The van der Waals surface area contributed by atoms with E-state index in [0.29, 0.717) is 13.0 Å². The van der Waals surface area contributed by atoms with Gasteiger partial charge >= 0.3 is 0 Å². The number of aliphatic hydroxyl groups is 1. The summed E-state index contributed by atoms with van der Waals surface area (Å²) in [7, 11) is 1.56. The smallest absolute Gasteiger partial charge is 0.245 e. The van der Waals surface area contributed by atoms with E-state index in [9.17, 15) is 19.5 Å². The molecule has 3 saturated heterocycles. The summed E-state index contributed by atoms with van der Waals surface area (Å²) in [5.41, 5.74) is -1.84. The quantitative estimate of drug-likeness (QED) is 0.504. The second-order valence-electron chi connectivity index (χ2n) is 9.09. The highest BCUT2D eigenvalue weighted by atomic mass is 16.5. The van der Waals surface area contributed by atoms with Crippen LogP contribution in [0.2, 0.25) is 0 Å². The highest BCUT2D eigenvalue weighted by molar-refractivity contribution is 5.99. The average molecular weight is 410 g/mol. The van der Waals surface area contributed by atoms with Gasteiger partial charge in [0.15, 0.2) is 0 Å². The molecule has 8 nitrogen and oxygen atoms in total. The molecule has 3 unspecified atom stereocenters. The summed E-state index contributed by atoms with van der Waals surface area (Å²) < 4.78 is 6.51. The number of aliphatic hydroxyl groups excluding tert-OH is 1. The highest BCUT2D eigenvalue weighted by Gasteiger charge is 2.80. The first-order valence-corrected chi connectivity index (χ1v) is 10.8. The first-order valence-electron chi connectivity index (χ1n) is 10.8. The van der Waals surface area contributed by atoms with Crippen LogP contribution in [0.3, 0.4) is 0 Å². The third-order valence-electron chi connectivity index (χ3n) is 7.35. The van der Waals surface area contributed by atoms with Crippen molar-refractivity contribution in [3.63, 3.8) is 0 Å². The van der Waals surface area contributed by atoms with Crippen molar-refractivity contribution in [1.29, 1.82) is 0 Å². The van der Waals surface area contributed by atoms with E-state index in [-0.39, 0.29) is 30.2 Å². The Balaban J connectivity index is 2.01. The lowest BCUT2D eigenvalue weighted by molar-refractivity contribution is -0.150. The van der Waals surface area contributed by atoms with Crippen molar-refractivity contribution < 1.29 is 24.2 Å². The van der Waals surface area contributed by atoms with Crippen molar-refractivity contribution in [2.24, 2.45) is 17.8 Å². The van der Waals surface area contributed by atoms with Crippen molar-refractivity contribution in [1.82, 2.24) is 15.5 Å².